The van der Waals surface area contributed by atoms with E-state index in [-0.39, 0.29) is 11.1 Å². The molecule has 4 amide bonds. The second-order valence-electron chi connectivity index (χ2n) is 7.80. The number of hydrogen-bond donors (Lipinski definition) is 4. The summed E-state index contributed by atoms with van der Waals surface area (Å²) in [5, 5.41) is 4.48. The van der Waals surface area contributed by atoms with E-state index in [1.54, 1.807) is 54.6 Å². The largest absolute Gasteiger partial charge is 0.322 e. The molecule has 31 heavy (non-hydrogen) atoms. The van der Waals surface area contributed by atoms with Gasteiger partial charge >= 0.3 is 0 Å². The number of amides is 4. The number of rotatable bonds is 3. The van der Waals surface area contributed by atoms with Gasteiger partial charge in [-0.3, -0.25) is 29.8 Å². The van der Waals surface area contributed by atoms with Crippen molar-refractivity contribution in [1.82, 2.24) is 10.6 Å². The Hall–Kier alpha value is -3.88. The maximum atomic E-state index is 13.0. The lowest BCUT2D eigenvalue weighted by Crippen LogP contribution is -2.60. The van der Waals surface area contributed by atoms with Gasteiger partial charge in [0.15, 0.2) is 0 Å². The molecule has 0 saturated carbocycles. The van der Waals surface area contributed by atoms with Crippen LogP contribution in [0.2, 0.25) is 0 Å². The Morgan fingerprint density at radius 2 is 1.26 bits per heavy atom. The molecule has 6 N–H and O–H groups in total. The highest BCUT2D eigenvalue weighted by atomic mass is 16.2. The zero-order valence-electron chi connectivity index (χ0n) is 16.2. The van der Waals surface area contributed by atoms with Crippen molar-refractivity contribution in [1.29, 1.82) is 0 Å². The smallest absolute Gasteiger partial charge is 0.255 e. The summed E-state index contributed by atoms with van der Waals surface area (Å²) < 4.78 is 0. The highest BCUT2D eigenvalue weighted by molar-refractivity contribution is 6.23. The molecule has 2 heterocycles. The van der Waals surface area contributed by atoms with Gasteiger partial charge < -0.3 is 11.5 Å². The van der Waals surface area contributed by atoms with Crippen molar-refractivity contribution < 1.29 is 19.2 Å². The Morgan fingerprint density at radius 3 is 1.77 bits per heavy atom. The van der Waals surface area contributed by atoms with Crippen LogP contribution in [-0.4, -0.2) is 23.6 Å². The Morgan fingerprint density at radius 1 is 0.742 bits per heavy atom. The topological polar surface area (TPSA) is 144 Å². The fourth-order valence-electron chi connectivity index (χ4n) is 5.18. The quantitative estimate of drug-likeness (QED) is 0.519. The van der Waals surface area contributed by atoms with Gasteiger partial charge in [0.1, 0.15) is 0 Å². The van der Waals surface area contributed by atoms with Crippen LogP contribution >= 0.6 is 0 Å². The minimum absolute atomic E-state index is 0.0275. The normalized spacial score (nSPS) is 26.3. The number of imide groups is 2. The van der Waals surface area contributed by atoms with Gasteiger partial charge in [-0.25, -0.2) is 0 Å². The van der Waals surface area contributed by atoms with Gasteiger partial charge in [0.25, 0.3) is 23.6 Å². The van der Waals surface area contributed by atoms with Crippen LogP contribution in [0, 0.1) is 0 Å². The molecule has 3 aliphatic rings. The van der Waals surface area contributed by atoms with Gasteiger partial charge in [-0.2, -0.15) is 0 Å². The van der Waals surface area contributed by atoms with Crippen molar-refractivity contribution in [3.63, 3.8) is 0 Å². The average Bonchev–Trinajstić information content (AvgIpc) is 3.34. The van der Waals surface area contributed by atoms with Crippen molar-refractivity contribution in [2.45, 2.75) is 17.0 Å². The Labute approximate surface area is 177 Å². The molecule has 2 unspecified atom stereocenters. The van der Waals surface area contributed by atoms with Crippen LogP contribution in [0.5, 0.6) is 0 Å². The minimum Gasteiger partial charge on any atom is -0.322 e. The Balaban J connectivity index is 1.98. The SMILES string of the molecule is NC1c2ccccc2C(C2=CC(=O)NC2=O)(C2=CC(=O)NC2=O)C1(N)c1ccccc1. The summed E-state index contributed by atoms with van der Waals surface area (Å²) in [6.07, 6.45) is 2.28. The van der Waals surface area contributed by atoms with Crippen LogP contribution in [0.4, 0.5) is 0 Å². The number of nitrogens with two attached hydrogens (primary N) is 2. The maximum Gasteiger partial charge on any atom is 0.255 e. The predicted octanol–water partition coefficient (Wildman–Crippen LogP) is -0.0424. The molecule has 8 heteroatoms. The zero-order valence-corrected chi connectivity index (χ0v) is 16.2. The second-order valence-corrected chi connectivity index (χ2v) is 7.80. The molecule has 2 aliphatic heterocycles. The molecule has 0 spiro atoms. The van der Waals surface area contributed by atoms with Gasteiger partial charge in [-0.1, -0.05) is 54.6 Å². The molecule has 5 rings (SSSR count). The molecule has 0 saturated heterocycles. The van der Waals surface area contributed by atoms with Crippen LogP contribution in [-0.2, 0) is 30.1 Å². The third-order valence-electron chi connectivity index (χ3n) is 6.38. The zero-order chi connectivity index (χ0) is 22.0. The Bertz CT molecular complexity index is 1200. The van der Waals surface area contributed by atoms with E-state index in [4.69, 9.17) is 11.5 Å². The van der Waals surface area contributed by atoms with Crippen LogP contribution in [0.15, 0.2) is 77.9 Å². The first-order chi connectivity index (χ1) is 14.8. The average molecular weight is 414 g/mol. The summed E-state index contributed by atoms with van der Waals surface area (Å²) in [4.78, 5) is 50.4. The first-order valence-corrected chi connectivity index (χ1v) is 9.66. The van der Waals surface area contributed by atoms with E-state index >= 15 is 0 Å². The number of nitrogens with one attached hydrogen (secondary N) is 2. The molecule has 2 atom stereocenters. The lowest BCUT2D eigenvalue weighted by atomic mass is 9.57. The molecule has 2 aromatic carbocycles. The second kappa shape index (κ2) is 6.31. The number of hydrogen-bond acceptors (Lipinski definition) is 6. The van der Waals surface area contributed by atoms with E-state index in [2.05, 4.69) is 10.6 Å². The van der Waals surface area contributed by atoms with Crippen LogP contribution in [0.1, 0.15) is 22.7 Å². The van der Waals surface area contributed by atoms with Gasteiger partial charge in [0.2, 0.25) is 0 Å². The van der Waals surface area contributed by atoms with E-state index in [0.717, 1.165) is 12.2 Å². The molecule has 0 bridgehead atoms. The summed E-state index contributed by atoms with van der Waals surface area (Å²) in [6, 6.07) is 15.0. The first kappa shape index (κ1) is 19.1. The maximum absolute atomic E-state index is 13.0. The molecule has 154 valence electrons. The number of carbonyl (C=O) groups excluding carboxylic acids is 4. The highest BCUT2D eigenvalue weighted by Gasteiger charge is 2.68. The number of benzene rings is 2. The summed E-state index contributed by atoms with van der Waals surface area (Å²) >= 11 is 0. The van der Waals surface area contributed by atoms with Crippen molar-refractivity contribution in [2.24, 2.45) is 11.5 Å². The standard InChI is InChI=1S/C23H18N4O4/c24-19-13-8-4-5-9-14(13)22(15-10-17(28)26-20(15)30,16-11-18(29)27-21(16)31)23(19,25)12-6-2-1-3-7-12/h1-11,19H,24-25H2,(H,26,28,30)(H,27,29,31). The fourth-order valence-corrected chi connectivity index (χ4v) is 5.18. The first-order valence-electron chi connectivity index (χ1n) is 9.66. The predicted molar refractivity (Wildman–Crippen MR) is 110 cm³/mol. The fraction of sp³-hybridized carbons (Fsp3) is 0.130. The number of fused-ring (bicyclic) bond motifs is 1. The lowest BCUT2D eigenvalue weighted by Gasteiger charge is -2.46. The van der Waals surface area contributed by atoms with Crippen LogP contribution < -0.4 is 22.1 Å². The third kappa shape index (κ3) is 2.25. The molecule has 0 radical (unpaired) electrons. The molecule has 0 aromatic heterocycles. The van der Waals surface area contributed by atoms with Gasteiger partial charge in [0.05, 0.1) is 17.0 Å². The summed E-state index contributed by atoms with van der Waals surface area (Å²) in [5.41, 5.74) is 12.3. The highest BCUT2D eigenvalue weighted by Crippen LogP contribution is 2.62. The van der Waals surface area contributed by atoms with Gasteiger partial charge in [-0.15, -0.1) is 0 Å². The summed E-state index contributed by atoms with van der Waals surface area (Å²) in [6.45, 7) is 0. The van der Waals surface area contributed by atoms with Crippen molar-refractivity contribution in [2.75, 3.05) is 0 Å². The van der Waals surface area contributed by atoms with E-state index in [1.807, 2.05) is 0 Å². The Kier molecular flexibility index (Phi) is 3.89. The van der Waals surface area contributed by atoms with Crippen LogP contribution in [0.3, 0.4) is 0 Å². The molecular weight excluding hydrogens is 396 g/mol. The molecule has 8 nitrogen and oxygen atoms in total. The van der Waals surface area contributed by atoms with E-state index in [1.165, 1.54) is 0 Å². The molecule has 0 fully saturated rings. The third-order valence-corrected chi connectivity index (χ3v) is 6.38. The minimum atomic E-state index is -1.67. The molecule has 1 aliphatic carbocycles. The lowest BCUT2D eigenvalue weighted by molar-refractivity contribution is -0.125. The van der Waals surface area contributed by atoms with Crippen molar-refractivity contribution in [3.8, 4) is 0 Å². The van der Waals surface area contributed by atoms with Gasteiger partial charge in [-0.05, 0) is 16.7 Å². The number of carbonyl (C=O) groups is 4. The summed E-state index contributed by atoms with van der Waals surface area (Å²) in [7, 11) is 0. The van der Waals surface area contributed by atoms with E-state index in [0.29, 0.717) is 16.7 Å². The van der Waals surface area contributed by atoms with Crippen LogP contribution in [0.25, 0.3) is 0 Å². The van der Waals surface area contributed by atoms with Gasteiger partial charge in [0, 0.05) is 23.3 Å². The van der Waals surface area contributed by atoms with Crippen molar-refractivity contribution in [3.05, 3.63) is 94.6 Å². The molecular formula is C23H18N4O4. The van der Waals surface area contributed by atoms with Crippen molar-refractivity contribution >= 4 is 23.6 Å². The summed E-state index contributed by atoms with van der Waals surface area (Å²) in [5.74, 6) is -2.63. The monoisotopic (exact) mass is 414 g/mol. The van der Waals surface area contributed by atoms with E-state index in [9.17, 15) is 19.2 Å². The molecule has 2 aromatic rings. The van der Waals surface area contributed by atoms with E-state index < -0.39 is 40.6 Å².